The molecule has 0 heterocycles. The minimum Gasteiger partial charge on any atom is -0.325 e. The van der Waals surface area contributed by atoms with Gasteiger partial charge in [0.05, 0.1) is 4.90 Å². The van der Waals surface area contributed by atoms with Crippen molar-refractivity contribution in [2.75, 3.05) is 11.9 Å². The van der Waals surface area contributed by atoms with Crippen LogP contribution in [-0.2, 0) is 14.8 Å². The van der Waals surface area contributed by atoms with Gasteiger partial charge in [0.2, 0.25) is 15.9 Å². The number of carbonyl (C=O) groups is 1. The largest absolute Gasteiger partial charge is 0.325 e. The van der Waals surface area contributed by atoms with Crippen LogP contribution in [0.2, 0.25) is 0 Å². The molecule has 0 spiro atoms. The number of sulfonamides is 1. The maximum Gasteiger partial charge on any atom is 0.242 e. The van der Waals surface area contributed by atoms with Crippen molar-refractivity contribution in [1.29, 1.82) is 0 Å². The van der Waals surface area contributed by atoms with Gasteiger partial charge in [0.25, 0.3) is 0 Å². The van der Waals surface area contributed by atoms with E-state index in [9.17, 15) is 13.2 Å². The number of hydrogen-bond donors (Lipinski definition) is 2. The zero-order chi connectivity index (χ0) is 15.2. The summed E-state index contributed by atoms with van der Waals surface area (Å²) in [6.07, 6.45) is 1.71. The quantitative estimate of drug-likeness (QED) is 0.598. The van der Waals surface area contributed by atoms with Gasteiger partial charge in [-0.15, -0.1) is 11.6 Å². The molecule has 0 aliphatic heterocycles. The molecule has 1 amide bonds. The molecule has 0 aliphatic carbocycles. The number of halogens is 1. The number of carbonyl (C=O) groups excluding carboxylic acids is 1. The molecule has 1 rings (SSSR count). The molecule has 7 heteroatoms. The Kier molecular flexibility index (Phi) is 6.45. The highest BCUT2D eigenvalue weighted by Gasteiger charge is 2.14. The van der Waals surface area contributed by atoms with Crippen LogP contribution in [0, 0.1) is 0 Å². The number of rotatable bonds is 7. The monoisotopic (exact) mass is 318 g/mol. The van der Waals surface area contributed by atoms with Gasteiger partial charge in [-0.2, -0.15) is 0 Å². The Morgan fingerprint density at radius 3 is 2.40 bits per heavy atom. The lowest BCUT2D eigenvalue weighted by Crippen LogP contribution is -2.24. The molecule has 0 saturated carbocycles. The van der Waals surface area contributed by atoms with Crippen molar-refractivity contribution in [2.45, 2.75) is 37.0 Å². The molecule has 20 heavy (non-hydrogen) atoms. The van der Waals surface area contributed by atoms with Crippen LogP contribution in [0.15, 0.2) is 29.2 Å². The van der Waals surface area contributed by atoms with E-state index in [0.717, 1.165) is 12.8 Å². The fourth-order valence-corrected chi connectivity index (χ4v) is 2.55. The van der Waals surface area contributed by atoms with Crippen molar-refractivity contribution in [2.24, 2.45) is 0 Å². The Labute approximate surface area is 124 Å². The summed E-state index contributed by atoms with van der Waals surface area (Å²) in [6, 6.07) is 5.96. The number of anilines is 1. The molecule has 0 unspecified atom stereocenters. The first-order valence-electron chi connectivity index (χ1n) is 6.41. The van der Waals surface area contributed by atoms with Gasteiger partial charge in [-0.3, -0.25) is 4.79 Å². The Morgan fingerprint density at radius 2 is 1.90 bits per heavy atom. The first-order chi connectivity index (χ1) is 9.36. The summed E-state index contributed by atoms with van der Waals surface area (Å²) in [5, 5.41) is 1.94. The van der Waals surface area contributed by atoms with Crippen LogP contribution in [0.5, 0.6) is 0 Å². The third kappa shape index (κ3) is 5.11. The number of alkyl halides is 1. The fraction of sp³-hybridized carbons (Fsp3) is 0.462. The Balaban J connectivity index is 2.73. The van der Waals surface area contributed by atoms with Gasteiger partial charge in [-0.1, -0.05) is 13.3 Å². The number of hydrogen-bond acceptors (Lipinski definition) is 3. The summed E-state index contributed by atoms with van der Waals surface area (Å²) in [7, 11) is -3.48. The fourth-order valence-electron chi connectivity index (χ4n) is 1.43. The average Bonchev–Trinajstić information content (AvgIpc) is 2.39. The van der Waals surface area contributed by atoms with E-state index in [1.807, 2.05) is 6.92 Å². The second-order valence-electron chi connectivity index (χ2n) is 4.38. The number of amides is 1. The summed E-state index contributed by atoms with van der Waals surface area (Å²) in [5.41, 5.74) is 0.509. The van der Waals surface area contributed by atoms with E-state index in [2.05, 4.69) is 10.0 Å². The predicted octanol–water partition coefficient (Wildman–Crippen LogP) is 2.33. The minimum atomic E-state index is -3.48. The molecule has 2 N–H and O–H groups in total. The SMILES string of the molecule is CCCCNS(=O)(=O)c1ccc(NC(=O)[C@H](C)Cl)cc1. The second-order valence-corrected chi connectivity index (χ2v) is 6.80. The summed E-state index contributed by atoms with van der Waals surface area (Å²) in [5.74, 6) is -0.330. The van der Waals surface area contributed by atoms with E-state index in [0.29, 0.717) is 12.2 Å². The van der Waals surface area contributed by atoms with Crippen LogP contribution in [-0.4, -0.2) is 26.2 Å². The van der Waals surface area contributed by atoms with Crippen LogP contribution in [0.4, 0.5) is 5.69 Å². The summed E-state index contributed by atoms with van der Waals surface area (Å²) in [6.45, 7) is 3.97. The highest BCUT2D eigenvalue weighted by molar-refractivity contribution is 7.89. The molecule has 0 aromatic heterocycles. The van der Waals surface area contributed by atoms with Crippen LogP contribution in [0.25, 0.3) is 0 Å². The standard InChI is InChI=1S/C13H19ClN2O3S/c1-3-4-9-15-20(18,19)12-7-5-11(6-8-12)16-13(17)10(2)14/h5-8,10,15H,3-4,9H2,1-2H3,(H,16,17)/t10-/m0/s1. The number of unbranched alkanes of at least 4 members (excludes halogenated alkanes) is 1. The molecule has 112 valence electrons. The zero-order valence-electron chi connectivity index (χ0n) is 11.5. The van der Waals surface area contributed by atoms with Gasteiger partial charge in [0.1, 0.15) is 5.38 Å². The number of benzene rings is 1. The molecular weight excluding hydrogens is 300 g/mol. The topological polar surface area (TPSA) is 75.3 Å². The van der Waals surface area contributed by atoms with Crippen molar-refractivity contribution in [3.8, 4) is 0 Å². The van der Waals surface area contributed by atoms with Gasteiger partial charge < -0.3 is 5.32 Å². The third-order valence-electron chi connectivity index (χ3n) is 2.62. The molecule has 0 fully saturated rings. The zero-order valence-corrected chi connectivity index (χ0v) is 13.1. The second kappa shape index (κ2) is 7.61. The number of nitrogens with one attached hydrogen (secondary N) is 2. The lowest BCUT2D eigenvalue weighted by atomic mass is 10.3. The van der Waals surface area contributed by atoms with Crippen LogP contribution in [0.1, 0.15) is 26.7 Å². The van der Waals surface area contributed by atoms with Gasteiger partial charge in [-0.25, -0.2) is 13.1 Å². The predicted molar refractivity (Wildman–Crippen MR) is 80.5 cm³/mol. The van der Waals surface area contributed by atoms with Gasteiger partial charge >= 0.3 is 0 Å². The Hall–Kier alpha value is -1.11. The Morgan fingerprint density at radius 1 is 1.30 bits per heavy atom. The van der Waals surface area contributed by atoms with Crippen molar-refractivity contribution in [3.63, 3.8) is 0 Å². The van der Waals surface area contributed by atoms with E-state index in [4.69, 9.17) is 11.6 Å². The highest BCUT2D eigenvalue weighted by Crippen LogP contribution is 2.14. The van der Waals surface area contributed by atoms with Gasteiger partial charge in [0.15, 0.2) is 0 Å². The molecular formula is C13H19ClN2O3S. The van der Waals surface area contributed by atoms with E-state index in [1.165, 1.54) is 24.3 Å². The molecule has 0 radical (unpaired) electrons. The van der Waals surface area contributed by atoms with Crippen molar-refractivity contribution < 1.29 is 13.2 Å². The maximum atomic E-state index is 11.9. The average molecular weight is 319 g/mol. The normalized spacial score (nSPS) is 12.9. The van der Waals surface area contributed by atoms with Gasteiger partial charge in [-0.05, 0) is 37.6 Å². The summed E-state index contributed by atoms with van der Waals surface area (Å²) < 4.78 is 26.4. The first kappa shape index (κ1) is 16.9. The highest BCUT2D eigenvalue weighted by atomic mass is 35.5. The Bertz CT molecular complexity index is 541. The van der Waals surface area contributed by atoms with Gasteiger partial charge in [0, 0.05) is 12.2 Å². The smallest absolute Gasteiger partial charge is 0.242 e. The summed E-state index contributed by atoms with van der Waals surface area (Å²) in [4.78, 5) is 11.6. The molecule has 0 saturated heterocycles. The lowest BCUT2D eigenvalue weighted by molar-refractivity contribution is -0.115. The van der Waals surface area contributed by atoms with Crippen molar-refractivity contribution >= 4 is 33.2 Å². The molecule has 1 aromatic carbocycles. The van der Waals surface area contributed by atoms with Crippen LogP contribution < -0.4 is 10.0 Å². The molecule has 0 aliphatic rings. The van der Waals surface area contributed by atoms with E-state index < -0.39 is 15.4 Å². The first-order valence-corrected chi connectivity index (χ1v) is 8.33. The van der Waals surface area contributed by atoms with Crippen LogP contribution >= 0.6 is 11.6 Å². The lowest BCUT2D eigenvalue weighted by Gasteiger charge is -2.09. The molecule has 1 atom stereocenters. The summed E-state index contributed by atoms with van der Waals surface area (Å²) >= 11 is 5.63. The minimum absolute atomic E-state index is 0.172. The molecule has 5 nitrogen and oxygen atoms in total. The van der Waals surface area contributed by atoms with Crippen molar-refractivity contribution in [3.05, 3.63) is 24.3 Å². The molecule has 1 aromatic rings. The maximum absolute atomic E-state index is 11.9. The van der Waals surface area contributed by atoms with Crippen molar-refractivity contribution in [1.82, 2.24) is 4.72 Å². The van der Waals surface area contributed by atoms with E-state index in [1.54, 1.807) is 6.92 Å². The molecule has 0 bridgehead atoms. The van der Waals surface area contributed by atoms with E-state index in [-0.39, 0.29) is 10.8 Å². The third-order valence-corrected chi connectivity index (χ3v) is 4.29. The van der Waals surface area contributed by atoms with Crippen LogP contribution in [0.3, 0.4) is 0 Å². The van der Waals surface area contributed by atoms with E-state index >= 15 is 0 Å².